The molecule has 0 bridgehead atoms. The lowest BCUT2D eigenvalue weighted by atomic mass is 10.2. The molecule has 1 aliphatic rings. The number of hydrogen-bond donors (Lipinski definition) is 0. The number of ether oxygens (including phenoxy) is 2. The predicted molar refractivity (Wildman–Crippen MR) is 111 cm³/mol. The highest BCUT2D eigenvalue weighted by atomic mass is 32.2. The monoisotopic (exact) mass is 405 g/mol. The molecule has 1 aliphatic heterocycles. The molecule has 0 N–H and O–H groups in total. The maximum absolute atomic E-state index is 12.3. The minimum absolute atomic E-state index is 0.176. The van der Waals surface area contributed by atoms with Crippen LogP contribution in [0.2, 0.25) is 0 Å². The molecule has 8 nitrogen and oxygen atoms in total. The topological polar surface area (TPSA) is 89.8 Å². The molecular formula is C19H27N5O3S. The number of anilines is 1. The molecule has 1 fully saturated rings. The molecule has 0 aromatic carbocycles. The Bertz CT molecular complexity index is 964. The Morgan fingerprint density at radius 3 is 2.75 bits per heavy atom. The Kier molecular flexibility index (Phi) is 6.14. The summed E-state index contributed by atoms with van der Waals surface area (Å²) in [6, 6.07) is 5.69. The van der Waals surface area contributed by atoms with Crippen molar-refractivity contribution in [3.63, 3.8) is 0 Å². The summed E-state index contributed by atoms with van der Waals surface area (Å²) in [5.41, 5.74) is 1.59. The zero-order valence-corrected chi connectivity index (χ0v) is 17.8. The summed E-state index contributed by atoms with van der Waals surface area (Å²) >= 11 is 0. The minimum atomic E-state index is -2.36. The lowest BCUT2D eigenvalue weighted by molar-refractivity contribution is 0.0985. The highest BCUT2D eigenvalue weighted by Gasteiger charge is 2.22. The maximum Gasteiger partial charge on any atom is 0.214 e. The van der Waals surface area contributed by atoms with Gasteiger partial charge in [0.1, 0.15) is 5.82 Å². The van der Waals surface area contributed by atoms with E-state index in [4.69, 9.17) is 14.5 Å². The second-order valence-electron chi connectivity index (χ2n) is 7.07. The highest BCUT2D eigenvalue weighted by molar-refractivity contribution is 7.92. The number of nitrogens with zero attached hydrogens (tertiary/aromatic N) is 5. The van der Waals surface area contributed by atoms with E-state index in [2.05, 4.69) is 26.2 Å². The molecule has 152 valence electrons. The van der Waals surface area contributed by atoms with Crippen LogP contribution in [0.4, 0.5) is 11.6 Å². The molecule has 28 heavy (non-hydrogen) atoms. The Morgan fingerprint density at radius 1 is 1.29 bits per heavy atom. The van der Waals surface area contributed by atoms with Crippen LogP contribution in [0.15, 0.2) is 22.6 Å². The standard InChI is InChI=1S/C19H27N5O3S/c1-6-27-18-10-15(9-13(2)20-18)19-21-16(23-28(4,5)25)11-17(22-19)24-7-8-26-12-14(24)3/h9-11,14H,6-8,12H2,1-5H3/t14-/m1/s1. The first-order chi connectivity index (χ1) is 13.2. The normalized spacial score (nSPS) is 17.5. The molecule has 2 aromatic heterocycles. The first kappa shape index (κ1) is 20.5. The SMILES string of the molecule is CCOc1cc(-c2nc(N=S(C)(C)=O)cc(N3CCOC[C@H]3C)n2)cc(C)n1. The molecule has 1 atom stereocenters. The number of pyridine rings is 1. The van der Waals surface area contributed by atoms with E-state index < -0.39 is 9.73 Å². The van der Waals surface area contributed by atoms with Gasteiger partial charge in [-0.05, 0) is 26.8 Å². The van der Waals surface area contributed by atoms with E-state index >= 15 is 0 Å². The van der Waals surface area contributed by atoms with Gasteiger partial charge in [-0.3, -0.25) is 0 Å². The van der Waals surface area contributed by atoms with Gasteiger partial charge in [-0.2, -0.15) is 4.36 Å². The van der Waals surface area contributed by atoms with Gasteiger partial charge in [0.25, 0.3) is 0 Å². The number of rotatable bonds is 5. The zero-order chi connectivity index (χ0) is 20.3. The third-order valence-corrected chi connectivity index (χ3v) is 4.78. The number of aromatic nitrogens is 3. The van der Waals surface area contributed by atoms with E-state index in [1.54, 1.807) is 18.6 Å². The summed E-state index contributed by atoms with van der Waals surface area (Å²) in [6.07, 6.45) is 3.19. The van der Waals surface area contributed by atoms with Gasteiger partial charge in [0, 0.05) is 52.2 Å². The molecule has 3 rings (SSSR count). The van der Waals surface area contributed by atoms with Crippen LogP contribution in [-0.2, 0) is 14.5 Å². The molecular weight excluding hydrogens is 378 g/mol. The van der Waals surface area contributed by atoms with Crippen molar-refractivity contribution in [1.82, 2.24) is 15.0 Å². The van der Waals surface area contributed by atoms with Crippen LogP contribution >= 0.6 is 0 Å². The summed E-state index contributed by atoms with van der Waals surface area (Å²) in [5.74, 6) is 2.18. The molecule has 3 heterocycles. The van der Waals surface area contributed by atoms with Crippen molar-refractivity contribution in [2.75, 3.05) is 43.8 Å². The van der Waals surface area contributed by atoms with Crippen molar-refractivity contribution in [3.8, 4) is 17.3 Å². The summed E-state index contributed by atoms with van der Waals surface area (Å²) in [4.78, 5) is 15.9. The van der Waals surface area contributed by atoms with Gasteiger partial charge in [0.05, 0.1) is 25.9 Å². The van der Waals surface area contributed by atoms with Crippen molar-refractivity contribution < 1.29 is 13.7 Å². The third-order valence-electron chi connectivity index (χ3n) is 4.15. The van der Waals surface area contributed by atoms with Gasteiger partial charge in [-0.15, -0.1) is 0 Å². The molecule has 0 spiro atoms. The molecule has 0 aliphatic carbocycles. The fourth-order valence-electron chi connectivity index (χ4n) is 3.03. The van der Waals surface area contributed by atoms with Crippen molar-refractivity contribution in [2.24, 2.45) is 4.36 Å². The molecule has 1 saturated heterocycles. The van der Waals surface area contributed by atoms with E-state index in [9.17, 15) is 4.21 Å². The van der Waals surface area contributed by atoms with Crippen molar-refractivity contribution >= 4 is 21.4 Å². The van der Waals surface area contributed by atoms with Gasteiger partial charge in [0.2, 0.25) is 5.88 Å². The van der Waals surface area contributed by atoms with Crippen molar-refractivity contribution in [3.05, 3.63) is 23.9 Å². The Labute approximate surface area is 166 Å². The molecule has 0 amide bonds. The van der Waals surface area contributed by atoms with Crippen molar-refractivity contribution in [1.29, 1.82) is 0 Å². The van der Waals surface area contributed by atoms with Crippen LogP contribution in [0.1, 0.15) is 19.5 Å². The average Bonchev–Trinajstić information content (AvgIpc) is 2.60. The van der Waals surface area contributed by atoms with Crippen molar-refractivity contribution in [2.45, 2.75) is 26.8 Å². The lowest BCUT2D eigenvalue weighted by Gasteiger charge is -2.34. The van der Waals surface area contributed by atoms with E-state index in [-0.39, 0.29) is 6.04 Å². The smallest absolute Gasteiger partial charge is 0.214 e. The second kappa shape index (κ2) is 8.40. The molecule has 0 radical (unpaired) electrons. The summed E-state index contributed by atoms with van der Waals surface area (Å²) < 4.78 is 27.7. The zero-order valence-electron chi connectivity index (χ0n) is 17.0. The van der Waals surface area contributed by atoms with E-state index in [1.807, 2.05) is 26.0 Å². The van der Waals surface area contributed by atoms with E-state index in [0.29, 0.717) is 37.3 Å². The average molecular weight is 406 g/mol. The highest BCUT2D eigenvalue weighted by Crippen LogP contribution is 2.28. The van der Waals surface area contributed by atoms with Gasteiger partial charge < -0.3 is 14.4 Å². The molecule has 0 unspecified atom stereocenters. The summed E-state index contributed by atoms with van der Waals surface area (Å²) in [6.45, 7) is 8.42. The van der Waals surface area contributed by atoms with Crippen LogP contribution in [0.3, 0.4) is 0 Å². The van der Waals surface area contributed by atoms with E-state index in [0.717, 1.165) is 23.6 Å². The van der Waals surface area contributed by atoms with Gasteiger partial charge in [-0.25, -0.2) is 19.2 Å². The Morgan fingerprint density at radius 2 is 2.07 bits per heavy atom. The molecule has 2 aromatic rings. The first-order valence-electron chi connectivity index (χ1n) is 9.27. The first-order valence-corrected chi connectivity index (χ1v) is 11.6. The van der Waals surface area contributed by atoms with Crippen LogP contribution in [-0.4, -0.2) is 64.1 Å². The largest absolute Gasteiger partial charge is 0.478 e. The molecule has 9 heteroatoms. The van der Waals surface area contributed by atoms with Gasteiger partial charge in [0.15, 0.2) is 11.6 Å². The predicted octanol–water partition coefficient (Wildman–Crippen LogP) is 2.83. The van der Waals surface area contributed by atoms with Crippen LogP contribution in [0.25, 0.3) is 11.4 Å². The Balaban J connectivity index is 2.14. The fourth-order valence-corrected chi connectivity index (χ4v) is 3.57. The molecule has 0 saturated carbocycles. The van der Waals surface area contributed by atoms with Crippen LogP contribution in [0.5, 0.6) is 5.88 Å². The number of hydrogen-bond acceptors (Lipinski definition) is 8. The third kappa shape index (κ3) is 5.17. The number of morpholine rings is 1. The number of aryl methyl sites for hydroxylation is 1. The van der Waals surface area contributed by atoms with E-state index in [1.165, 1.54) is 0 Å². The summed E-state index contributed by atoms with van der Waals surface area (Å²) in [7, 11) is -2.36. The summed E-state index contributed by atoms with van der Waals surface area (Å²) in [5, 5.41) is 0. The maximum atomic E-state index is 12.3. The minimum Gasteiger partial charge on any atom is -0.478 e. The lowest BCUT2D eigenvalue weighted by Crippen LogP contribution is -2.44. The van der Waals surface area contributed by atoms with Gasteiger partial charge in [-0.1, -0.05) is 0 Å². The van der Waals surface area contributed by atoms with Gasteiger partial charge >= 0.3 is 0 Å². The Hall–Kier alpha value is -2.26. The van der Waals surface area contributed by atoms with Crippen LogP contribution < -0.4 is 9.64 Å². The van der Waals surface area contributed by atoms with Crippen LogP contribution in [0, 0.1) is 6.92 Å². The fraction of sp³-hybridized carbons (Fsp3) is 0.526. The second-order valence-corrected chi connectivity index (χ2v) is 9.61. The quantitative estimate of drug-likeness (QED) is 0.755.